The number of halogens is 3. The lowest BCUT2D eigenvalue weighted by molar-refractivity contribution is -0.274. The van der Waals surface area contributed by atoms with Crippen LogP contribution in [0.2, 0.25) is 0 Å². The third-order valence-electron chi connectivity index (χ3n) is 3.18. The highest BCUT2D eigenvalue weighted by molar-refractivity contribution is 7.90. The van der Waals surface area contributed by atoms with E-state index in [0.29, 0.717) is 18.7 Å². The monoisotopic (exact) mass is 359 g/mol. The van der Waals surface area contributed by atoms with Crippen molar-refractivity contribution in [1.29, 1.82) is 0 Å². The fourth-order valence-electron chi connectivity index (χ4n) is 2.03. The Morgan fingerprint density at radius 2 is 1.58 bits per heavy atom. The molecular formula is C16H16F3NO3S. The molecule has 0 aliphatic heterocycles. The van der Waals surface area contributed by atoms with E-state index in [4.69, 9.17) is 0 Å². The predicted molar refractivity (Wildman–Crippen MR) is 84.9 cm³/mol. The molecular weight excluding hydrogens is 343 g/mol. The number of ether oxygens (including phenoxy) is 1. The molecule has 0 aromatic heterocycles. The van der Waals surface area contributed by atoms with Gasteiger partial charge in [-0.25, -0.2) is 8.42 Å². The molecule has 0 unspecified atom stereocenters. The SMILES string of the molecule is CS(=O)(=O)c1ccc(CCNc2ccc(OC(F)(F)F)cc2)cc1. The quantitative estimate of drug-likeness (QED) is 0.856. The summed E-state index contributed by atoms with van der Waals surface area (Å²) >= 11 is 0. The maximum Gasteiger partial charge on any atom is 0.573 e. The normalized spacial score (nSPS) is 12.0. The van der Waals surface area contributed by atoms with Crippen molar-refractivity contribution in [3.8, 4) is 5.75 Å². The van der Waals surface area contributed by atoms with Crippen LogP contribution < -0.4 is 10.1 Å². The maximum atomic E-state index is 12.1. The first kappa shape index (κ1) is 18.1. The zero-order valence-electron chi connectivity index (χ0n) is 12.8. The molecule has 0 bridgehead atoms. The van der Waals surface area contributed by atoms with Gasteiger partial charge in [-0.2, -0.15) is 0 Å². The second-order valence-electron chi connectivity index (χ2n) is 5.17. The van der Waals surface area contributed by atoms with Gasteiger partial charge in [0.05, 0.1) is 4.90 Å². The van der Waals surface area contributed by atoms with Crippen LogP contribution in [0.4, 0.5) is 18.9 Å². The van der Waals surface area contributed by atoms with E-state index in [1.165, 1.54) is 24.3 Å². The molecule has 0 aliphatic rings. The fraction of sp³-hybridized carbons (Fsp3) is 0.250. The molecule has 0 aliphatic carbocycles. The van der Waals surface area contributed by atoms with Gasteiger partial charge in [-0.15, -0.1) is 13.2 Å². The van der Waals surface area contributed by atoms with E-state index in [2.05, 4.69) is 10.1 Å². The molecule has 2 aromatic rings. The first-order valence-corrected chi connectivity index (χ1v) is 8.91. The van der Waals surface area contributed by atoms with E-state index in [-0.39, 0.29) is 10.6 Å². The summed E-state index contributed by atoms with van der Waals surface area (Å²) in [4.78, 5) is 0.263. The molecule has 2 aromatic carbocycles. The van der Waals surface area contributed by atoms with E-state index in [1.54, 1.807) is 24.3 Å². The van der Waals surface area contributed by atoms with Gasteiger partial charge in [-0.05, 0) is 48.4 Å². The number of hydrogen-bond acceptors (Lipinski definition) is 4. The minimum atomic E-state index is -4.70. The topological polar surface area (TPSA) is 55.4 Å². The minimum Gasteiger partial charge on any atom is -0.406 e. The van der Waals surface area contributed by atoms with Crippen LogP contribution in [-0.2, 0) is 16.3 Å². The summed E-state index contributed by atoms with van der Waals surface area (Å²) < 4.78 is 62.7. The Bertz CT molecular complexity index is 770. The highest BCUT2D eigenvalue weighted by Gasteiger charge is 2.30. The van der Waals surface area contributed by atoms with Crippen LogP contribution in [0.5, 0.6) is 5.75 Å². The van der Waals surface area contributed by atoms with Crippen molar-refractivity contribution in [3.05, 3.63) is 54.1 Å². The first-order valence-electron chi connectivity index (χ1n) is 7.02. The number of hydrogen-bond donors (Lipinski definition) is 1. The van der Waals surface area contributed by atoms with Crippen molar-refractivity contribution in [2.24, 2.45) is 0 Å². The van der Waals surface area contributed by atoms with Crippen molar-refractivity contribution >= 4 is 15.5 Å². The molecule has 4 nitrogen and oxygen atoms in total. The lowest BCUT2D eigenvalue weighted by atomic mass is 10.1. The van der Waals surface area contributed by atoms with Gasteiger partial charge in [0.2, 0.25) is 0 Å². The van der Waals surface area contributed by atoms with Crippen molar-refractivity contribution in [1.82, 2.24) is 0 Å². The molecule has 24 heavy (non-hydrogen) atoms. The van der Waals surface area contributed by atoms with Gasteiger partial charge < -0.3 is 10.1 Å². The molecule has 0 amide bonds. The molecule has 0 spiro atoms. The number of sulfone groups is 1. The molecule has 0 fully saturated rings. The molecule has 0 radical (unpaired) electrons. The van der Waals surface area contributed by atoms with E-state index in [9.17, 15) is 21.6 Å². The molecule has 0 saturated heterocycles. The van der Waals surface area contributed by atoms with E-state index < -0.39 is 16.2 Å². The summed E-state index contributed by atoms with van der Waals surface area (Å²) in [6.07, 6.45) is -2.91. The van der Waals surface area contributed by atoms with E-state index >= 15 is 0 Å². The lowest BCUT2D eigenvalue weighted by Crippen LogP contribution is -2.17. The van der Waals surface area contributed by atoms with Crippen molar-refractivity contribution < 1.29 is 26.3 Å². The Morgan fingerprint density at radius 1 is 1.00 bits per heavy atom. The van der Waals surface area contributed by atoms with Crippen molar-refractivity contribution in [2.75, 3.05) is 18.1 Å². The zero-order chi connectivity index (χ0) is 17.8. The van der Waals surface area contributed by atoms with Gasteiger partial charge in [-0.3, -0.25) is 0 Å². The summed E-state index contributed by atoms with van der Waals surface area (Å²) in [5.74, 6) is -0.274. The minimum absolute atomic E-state index is 0.263. The van der Waals surface area contributed by atoms with Crippen LogP contribution in [0.15, 0.2) is 53.4 Å². The van der Waals surface area contributed by atoms with Crippen LogP contribution >= 0.6 is 0 Å². The van der Waals surface area contributed by atoms with Gasteiger partial charge in [0.15, 0.2) is 9.84 Å². The number of benzene rings is 2. The molecule has 2 rings (SSSR count). The summed E-state index contributed by atoms with van der Waals surface area (Å²) in [5.41, 5.74) is 1.62. The highest BCUT2D eigenvalue weighted by Crippen LogP contribution is 2.23. The largest absolute Gasteiger partial charge is 0.573 e. The number of rotatable bonds is 6. The van der Waals surface area contributed by atoms with Crippen LogP contribution in [0.3, 0.4) is 0 Å². The van der Waals surface area contributed by atoms with Gasteiger partial charge in [-0.1, -0.05) is 12.1 Å². The number of nitrogens with one attached hydrogen (secondary N) is 1. The molecule has 0 atom stereocenters. The number of alkyl halides is 3. The highest BCUT2D eigenvalue weighted by atomic mass is 32.2. The van der Waals surface area contributed by atoms with Gasteiger partial charge in [0.25, 0.3) is 0 Å². The van der Waals surface area contributed by atoms with Crippen LogP contribution in [0.25, 0.3) is 0 Å². The second-order valence-corrected chi connectivity index (χ2v) is 7.18. The lowest BCUT2D eigenvalue weighted by Gasteiger charge is -2.10. The van der Waals surface area contributed by atoms with Crippen molar-refractivity contribution in [3.63, 3.8) is 0 Å². The molecule has 1 N–H and O–H groups in total. The standard InChI is InChI=1S/C16H16F3NO3S/c1-24(21,22)15-8-2-12(3-9-15)10-11-20-13-4-6-14(7-5-13)23-16(17,18)19/h2-9,20H,10-11H2,1H3. The summed E-state index contributed by atoms with van der Waals surface area (Å²) in [6, 6.07) is 12.0. The Kier molecular flexibility index (Phi) is 5.38. The summed E-state index contributed by atoms with van der Waals surface area (Å²) in [7, 11) is -3.21. The van der Waals surface area contributed by atoms with Crippen LogP contribution in [0.1, 0.15) is 5.56 Å². The van der Waals surface area contributed by atoms with E-state index in [1.807, 2.05) is 0 Å². The molecule has 0 heterocycles. The summed E-state index contributed by atoms with van der Waals surface area (Å²) in [5, 5.41) is 3.07. The Labute approximate surface area is 138 Å². The number of anilines is 1. The third-order valence-corrected chi connectivity index (χ3v) is 4.31. The van der Waals surface area contributed by atoms with Gasteiger partial charge >= 0.3 is 6.36 Å². The molecule has 130 valence electrons. The smallest absolute Gasteiger partial charge is 0.406 e. The van der Waals surface area contributed by atoms with Crippen LogP contribution in [0, 0.1) is 0 Å². The third kappa shape index (κ3) is 5.77. The van der Waals surface area contributed by atoms with Crippen LogP contribution in [-0.4, -0.2) is 27.6 Å². The van der Waals surface area contributed by atoms with Crippen molar-refractivity contribution in [2.45, 2.75) is 17.7 Å². The summed E-state index contributed by atoms with van der Waals surface area (Å²) in [6.45, 7) is 0.553. The average molecular weight is 359 g/mol. The Balaban J connectivity index is 1.86. The van der Waals surface area contributed by atoms with E-state index in [0.717, 1.165) is 11.8 Å². The molecule has 0 saturated carbocycles. The molecule has 8 heteroatoms. The Hall–Kier alpha value is -2.22. The zero-order valence-corrected chi connectivity index (χ0v) is 13.6. The fourth-order valence-corrected chi connectivity index (χ4v) is 2.66. The second kappa shape index (κ2) is 7.12. The predicted octanol–water partition coefficient (Wildman–Crippen LogP) is 3.64. The Morgan fingerprint density at radius 3 is 2.08 bits per heavy atom. The first-order chi connectivity index (χ1) is 11.1. The van der Waals surface area contributed by atoms with Gasteiger partial charge in [0, 0.05) is 18.5 Å². The average Bonchev–Trinajstić information content (AvgIpc) is 2.47. The maximum absolute atomic E-state index is 12.1. The van der Waals surface area contributed by atoms with Gasteiger partial charge in [0.1, 0.15) is 5.75 Å².